The highest BCUT2D eigenvalue weighted by molar-refractivity contribution is 5.94. The molecule has 0 aromatic heterocycles. The van der Waals surface area contributed by atoms with Gasteiger partial charge in [0.15, 0.2) is 0 Å². The van der Waals surface area contributed by atoms with Crippen molar-refractivity contribution in [3.05, 3.63) is 30.3 Å². The van der Waals surface area contributed by atoms with E-state index in [2.05, 4.69) is 5.16 Å². The Morgan fingerprint density at radius 2 is 2.10 bits per heavy atom. The third-order valence-corrected chi connectivity index (χ3v) is 3.63. The van der Waals surface area contributed by atoms with E-state index >= 15 is 0 Å². The molecule has 0 N–H and O–H groups in total. The summed E-state index contributed by atoms with van der Waals surface area (Å²) in [6, 6.07) is 9.66. The van der Waals surface area contributed by atoms with Gasteiger partial charge in [0.1, 0.15) is 11.9 Å². The van der Waals surface area contributed by atoms with Crippen LogP contribution in [-0.2, 0) is 9.63 Å². The summed E-state index contributed by atoms with van der Waals surface area (Å²) in [6.45, 7) is 4.87. The quantitative estimate of drug-likeness (QED) is 0.845. The second-order valence-electron chi connectivity index (χ2n) is 5.59. The maximum Gasteiger partial charge on any atom is 0.269 e. The van der Waals surface area contributed by atoms with E-state index in [-0.39, 0.29) is 12.0 Å². The van der Waals surface area contributed by atoms with Crippen LogP contribution in [0.3, 0.4) is 0 Å². The minimum Gasteiger partial charge on any atom is -0.487 e. The van der Waals surface area contributed by atoms with Gasteiger partial charge in [-0.25, -0.2) is 0 Å². The van der Waals surface area contributed by atoms with Crippen molar-refractivity contribution in [1.29, 1.82) is 0 Å². The Labute approximate surface area is 118 Å². The fraction of sp³-hybridized carbons (Fsp3) is 0.467. The summed E-state index contributed by atoms with van der Waals surface area (Å²) in [5, 5.41) is 3.88. The molecule has 0 radical (unpaired) electrons. The maximum absolute atomic E-state index is 12.4. The number of para-hydroxylation sites is 1. The molecule has 0 saturated carbocycles. The van der Waals surface area contributed by atoms with Gasteiger partial charge in [-0.2, -0.15) is 0 Å². The van der Waals surface area contributed by atoms with Crippen molar-refractivity contribution >= 4 is 11.6 Å². The number of oxime groups is 1. The van der Waals surface area contributed by atoms with Gasteiger partial charge in [-0.05, 0) is 26.0 Å². The number of nitrogens with zero attached hydrogens (tertiary/aromatic N) is 2. The molecule has 2 aliphatic rings. The molecular weight excluding hydrogens is 256 g/mol. The summed E-state index contributed by atoms with van der Waals surface area (Å²) in [6.07, 6.45) is 0.625. The zero-order chi connectivity index (χ0) is 14.2. The molecule has 5 heteroatoms. The third-order valence-electron chi connectivity index (χ3n) is 3.63. The number of carbonyl (C=O) groups is 1. The predicted octanol–water partition coefficient (Wildman–Crippen LogP) is 1.83. The van der Waals surface area contributed by atoms with E-state index in [1.54, 1.807) is 11.8 Å². The summed E-state index contributed by atoms with van der Waals surface area (Å²) < 4.78 is 5.78. The minimum absolute atomic E-state index is 0.00832. The van der Waals surface area contributed by atoms with Crippen LogP contribution in [0.15, 0.2) is 35.5 Å². The van der Waals surface area contributed by atoms with Crippen molar-refractivity contribution in [2.45, 2.75) is 32.0 Å². The van der Waals surface area contributed by atoms with Gasteiger partial charge < -0.3 is 14.5 Å². The first kappa shape index (κ1) is 13.0. The third kappa shape index (κ3) is 2.35. The largest absolute Gasteiger partial charge is 0.487 e. The fourth-order valence-electron chi connectivity index (χ4n) is 2.55. The van der Waals surface area contributed by atoms with E-state index in [1.165, 1.54) is 0 Å². The number of amides is 1. The highest BCUT2D eigenvalue weighted by atomic mass is 16.7. The molecule has 1 fully saturated rings. The lowest BCUT2D eigenvalue weighted by Gasteiger charge is -2.41. The van der Waals surface area contributed by atoms with Crippen LogP contribution in [0.4, 0.5) is 0 Å². The zero-order valence-electron chi connectivity index (χ0n) is 11.7. The van der Waals surface area contributed by atoms with Crippen molar-refractivity contribution < 1.29 is 14.4 Å². The average Bonchev–Trinajstić information content (AvgIpc) is 2.75. The van der Waals surface area contributed by atoms with E-state index < -0.39 is 5.60 Å². The Morgan fingerprint density at radius 3 is 2.70 bits per heavy atom. The van der Waals surface area contributed by atoms with Gasteiger partial charge in [0.25, 0.3) is 5.91 Å². The highest BCUT2D eigenvalue weighted by Crippen LogP contribution is 2.28. The van der Waals surface area contributed by atoms with Crippen LogP contribution in [0.25, 0.3) is 0 Å². The van der Waals surface area contributed by atoms with Crippen LogP contribution in [0.2, 0.25) is 0 Å². The Kier molecular flexibility index (Phi) is 3.12. The van der Waals surface area contributed by atoms with Gasteiger partial charge in [0, 0.05) is 6.42 Å². The fourth-order valence-corrected chi connectivity index (χ4v) is 2.55. The molecule has 1 aromatic carbocycles. The lowest BCUT2D eigenvalue weighted by Crippen LogP contribution is -2.61. The molecule has 1 saturated heterocycles. The molecule has 1 aromatic rings. The molecule has 2 aliphatic heterocycles. The van der Waals surface area contributed by atoms with E-state index in [0.29, 0.717) is 19.5 Å². The van der Waals surface area contributed by atoms with Crippen LogP contribution in [0.1, 0.15) is 20.3 Å². The molecule has 0 aliphatic carbocycles. The second kappa shape index (κ2) is 4.81. The van der Waals surface area contributed by atoms with Gasteiger partial charge in [-0.3, -0.25) is 4.79 Å². The second-order valence-corrected chi connectivity index (χ2v) is 5.59. The number of benzene rings is 1. The summed E-state index contributed by atoms with van der Waals surface area (Å²) in [7, 11) is 0. The Morgan fingerprint density at radius 1 is 1.40 bits per heavy atom. The van der Waals surface area contributed by atoms with E-state index in [0.717, 1.165) is 11.5 Å². The maximum atomic E-state index is 12.4. The molecule has 3 rings (SSSR count). The normalized spacial score (nSPS) is 25.7. The minimum atomic E-state index is -0.832. The van der Waals surface area contributed by atoms with E-state index in [4.69, 9.17) is 9.57 Å². The van der Waals surface area contributed by atoms with E-state index in [1.807, 2.05) is 37.3 Å². The van der Waals surface area contributed by atoms with Gasteiger partial charge in [0.2, 0.25) is 5.60 Å². The number of hydrogen-bond acceptors (Lipinski definition) is 4. The first-order valence-corrected chi connectivity index (χ1v) is 6.79. The standard InChI is InChI=1S/C15H18N2O3/c1-11-8-15(2,20-16-11)14(18)17-9-13(10-17)19-12-6-4-3-5-7-12/h3-7,13H,8-10H2,1-2H3/t15-/m1/s1. The summed E-state index contributed by atoms with van der Waals surface area (Å²) in [5.74, 6) is 0.832. The molecule has 0 unspecified atom stereocenters. The summed E-state index contributed by atoms with van der Waals surface area (Å²) in [5.41, 5.74) is 0.0281. The molecular formula is C15H18N2O3. The zero-order valence-corrected chi connectivity index (χ0v) is 11.7. The predicted molar refractivity (Wildman–Crippen MR) is 74.7 cm³/mol. The van der Waals surface area contributed by atoms with Crippen molar-refractivity contribution in [1.82, 2.24) is 4.90 Å². The van der Waals surface area contributed by atoms with Crippen LogP contribution in [0, 0.1) is 0 Å². The number of carbonyl (C=O) groups excluding carboxylic acids is 1. The van der Waals surface area contributed by atoms with Crippen LogP contribution < -0.4 is 4.74 Å². The van der Waals surface area contributed by atoms with Crippen molar-refractivity contribution in [2.75, 3.05) is 13.1 Å². The number of likely N-dealkylation sites (tertiary alicyclic amines) is 1. The summed E-state index contributed by atoms with van der Waals surface area (Å²) >= 11 is 0. The SMILES string of the molecule is CC1=NO[C@@](C)(C(=O)N2CC(Oc3ccccc3)C2)C1. The Hall–Kier alpha value is -2.04. The monoisotopic (exact) mass is 274 g/mol. The van der Waals surface area contributed by atoms with Crippen LogP contribution >= 0.6 is 0 Å². The van der Waals surface area contributed by atoms with Gasteiger partial charge >= 0.3 is 0 Å². The average molecular weight is 274 g/mol. The van der Waals surface area contributed by atoms with Gasteiger partial charge in [-0.1, -0.05) is 23.4 Å². The van der Waals surface area contributed by atoms with E-state index in [9.17, 15) is 4.79 Å². The number of hydrogen-bond donors (Lipinski definition) is 0. The smallest absolute Gasteiger partial charge is 0.269 e. The molecule has 0 spiro atoms. The van der Waals surface area contributed by atoms with Gasteiger partial charge in [-0.15, -0.1) is 0 Å². The van der Waals surface area contributed by atoms with Gasteiger partial charge in [0.05, 0.1) is 18.8 Å². The number of ether oxygens (including phenoxy) is 1. The highest BCUT2D eigenvalue weighted by Gasteiger charge is 2.47. The van der Waals surface area contributed by atoms with Crippen molar-refractivity contribution in [3.63, 3.8) is 0 Å². The molecule has 1 atom stereocenters. The Balaban J connectivity index is 1.52. The lowest BCUT2D eigenvalue weighted by atomic mass is 9.96. The molecule has 20 heavy (non-hydrogen) atoms. The Bertz CT molecular complexity index is 537. The number of rotatable bonds is 3. The first-order valence-electron chi connectivity index (χ1n) is 6.79. The topological polar surface area (TPSA) is 51.1 Å². The lowest BCUT2D eigenvalue weighted by molar-refractivity contribution is -0.162. The molecule has 2 heterocycles. The van der Waals surface area contributed by atoms with Crippen LogP contribution in [0.5, 0.6) is 5.75 Å². The van der Waals surface area contributed by atoms with Crippen LogP contribution in [-0.4, -0.2) is 41.3 Å². The van der Waals surface area contributed by atoms with Crippen molar-refractivity contribution in [2.24, 2.45) is 5.16 Å². The molecule has 1 amide bonds. The molecule has 5 nitrogen and oxygen atoms in total. The molecule has 106 valence electrons. The molecule has 0 bridgehead atoms. The van der Waals surface area contributed by atoms with Crippen molar-refractivity contribution in [3.8, 4) is 5.75 Å². The summed E-state index contributed by atoms with van der Waals surface area (Å²) in [4.78, 5) is 19.4. The first-order chi connectivity index (χ1) is 9.57.